The number of rotatable bonds is 10. The molecule has 4 rings (SSSR count). The van der Waals surface area contributed by atoms with E-state index >= 15 is 0 Å². The van der Waals surface area contributed by atoms with Crippen molar-refractivity contribution in [2.45, 2.75) is 30.6 Å². The molecule has 16 heteroatoms. The predicted molar refractivity (Wildman–Crippen MR) is 148 cm³/mol. The van der Waals surface area contributed by atoms with Gasteiger partial charge in [0.05, 0.1) is 29.3 Å². The maximum Gasteiger partial charge on any atom is 0.405 e. The first-order valence-electron chi connectivity index (χ1n) is 12.1. The van der Waals surface area contributed by atoms with Crippen molar-refractivity contribution in [1.82, 2.24) is 15.0 Å². The Morgan fingerprint density at radius 3 is 2.38 bits per heavy atom. The van der Waals surface area contributed by atoms with Crippen LogP contribution in [0.5, 0.6) is 5.75 Å². The summed E-state index contributed by atoms with van der Waals surface area (Å²) in [6.45, 7) is -2.87. The van der Waals surface area contributed by atoms with E-state index in [0.717, 1.165) is 30.3 Å². The molecule has 0 saturated carbocycles. The lowest BCUT2D eigenvalue weighted by atomic mass is 10.1. The number of nitrogens with one attached hydrogen (secondary N) is 2. The standard InChI is InChI=1S/C26H24F5N7O3S/c1-14(15-3-6-17(7-4-15)34-13-32)35-25-37-19-9-8-18(36-22(19)23(38-25)33-12-26(29,30)31)16-5-10-20(41-24(27)28)21(11-16)42(2,39)40/h3-11,13-14,24H,12H2,1-2H3,(H2,32,34)(H2,33,35,37,38). The van der Waals surface area contributed by atoms with Gasteiger partial charge in [0.15, 0.2) is 15.7 Å². The molecule has 222 valence electrons. The Balaban J connectivity index is 1.74. The molecule has 1 atom stereocenters. The van der Waals surface area contributed by atoms with Gasteiger partial charge in [-0.05, 0) is 55.0 Å². The molecule has 0 amide bonds. The molecule has 0 fully saturated rings. The van der Waals surface area contributed by atoms with Crippen molar-refractivity contribution in [3.63, 3.8) is 0 Å². The lowest BCUT2D eigenvalue weighted by Crippen LogP contribution is -2.22. The van der Waals surface area contributed by atoms with Crippen LogP contribution in [0.25, 0.3) is 22.3 Å². The molecule has 2 aromatic carbocycles. The van der Waals surface area contributed by atoms with E-state index in [2.05, 4.69) is 35.3 Å². The summed E-state index contributed by atoms with van der Waals surface area (Å²) in [5.74, 6) is -0.770. The third kappa shape index (κ3) is 7.57. The van der Waals surface area contributed by atoms with Crippen LogP contribution in [0, 0.1) is 0 Å². The highest BCUT2D eigenvalue weighted by atomic mass is 32.2. The molecule has 0 spiro atoms. The van der Waals surface area contributed by atoms with E-state index in [1.165, 1.54) is 18.2 Å². The summed E-state index contributed by atoms with van der Waals surface area (Å²) in [6, 6.07) is 13.1. The molecule has 2 heterocycles. The first-order chi connectivity index (χ1) is 19.7. The summed E-state index contributed by atoms with van der Waals surface area (Å²) in [4.78, 5) is 16.4. The number of fused-ring (bicyclic) bond motifs is 1. The number of nitrogens with zero attached hydrogens (tertiary/aromatic N) is 4. The molecule has 0 aliphatic carbocycles. The van der Waals surface area contributed by atoms with Gasteiger partial charge in [-0.1, -0.05) is 12.1 Å². The second kappa shape index (κ2) is 12.1. The predicted octanol–water partition coefficient (Wildman–Crippen LogP) is 5.46. The number of aromatic nitrogens is 3. The second-order valence-electron chi connectivity index (χ2n) is 8.98. The molecule has 4 N–H and O–H groups in total. The minimum atomic E-state index is -4.57. The smallest absolute Gasteiger partial charge is 0.405 e. The van der Waals surface area contributed by atoms with Crippen molar-refractivity contribution in [3.8, 4) is 17.0 Å². The van der Waals surface area contributed by atoms with Crippen molar-refractivity contribution in [1.29, 1.82) is 0 Å². The fourth-order valence-electron chi connectivity index (χ4n) is 3.91. The van der Waals surface area contributed by atoms with Crippen LogP contribution >= 0.6 is 0 Å². The van der Waals surface area contributed by atoms with Gasteiger partial charge < -0.3 is 21.1 Å². The lowest BCUT2D eigenvalue weighted by molar-refractivity contribution is -0.115. The van der Waals surface area contributed by atoms with Gasteiger partial charge in [0.25, 0.3) is 0 Å². The normalized spacial score (nSPS) is 13.0. The third-order valence-corrected chi connectivity index (χ3v) is 6.93. The molecular weight excluding hydrogens is 585 g/mol. The average Bonchev–Trinajstić information content (AvgIpc) is 2.91. The van der Waals surface area contributed by atoms with E-state index < -0.39 is 39.8 Å². The van der Waals surface area contributed by atoms with Gasteiger partial charge >= 0.3 is 12.8 Å². The quantitative estimate of drug-likeness (QED) is 0.121. The summed E-state index contributed by atoms with van der Waals surface area (Å²) in [5, 5.41) is 5.30. The molecule has 2 aromatic heterocycles. The van der Waals surface area contributed by atoms with E-state index in [9.17, 15) is 30.4 Å². The zero-order valence-electron chi connectivity index (χ0n) is 22.0. The number of anilines is 2. The second-order valence-corrected chi connectivity index (χ2v) is 11.0. The Hall–Kier alpha value is -4.60. The molecular formula is C26H24F5N7O3S. The van der Waals surface area contributed by atoms with E-state index in [1.54, 1.807) is 31.2 Å². The number of halogens is 5. The summed E-state index contributed by atoms with van der Waals surface area (Å²) in [6.07, 6.45) is -2.59. The van der Waals surface area contributed by atoms with Crippen molar-refractivity contribution in [2.75, 3.05) is 23.4 Å². The van der Waals surface area contributed by atoms with Crippen LogP contribution in [0.4, 0.5) is 39.4 Å². The minimum Gasteiger partial charge on any atom is -0.433 e. The Morgan fingerprint density at radius 1 is 1.05 bits per heavy atom. The van der Waals surface area contributed by atoms with Gasteiger partial charge in [-0.15, -0.1) is 0 Å². The number of benzene rings is 2. The monoisotopic (exact) mass is 609 g/mol. The Labute approximate surface area is 236 Å². The largest absolute Gasteiger partial charge is 0.433 e. The van der Waals surface area contributed by atoms with Crippen LogP contribution in [0.1, 0.15) is 18.5 Å². The van der Waals surface area contributed by atoms with Crippen molar-refractivity contribution in [2.24, 2.45) is 10.7 Å². The zero-order valence-corrected chi connectivity index (χ0v) is 22.8. The molecule has 0 aliphatic rings. The fraction of sp³-hybridized carbons (Fsp3) is 0.231. The first kappa shape index (κ1) is 30.4. The first-order valence-corrected chi connectivity index (χ1v) is 14.0. The van der Waals surface area contributed by atoms with Gasteiger partial charge in [0, 0.05) is 11.8 Å². The molecule has 42 heavy (non-hydrogen) atoms. The van der Waals surface area contributed by atoms with E-state index in [-0.39, 0.29) is 40.1 Å². The number of aliphatic imine (C=N–C) groups is 1. The summed E-state index contributed by atoms with van der Waals surface area (Å²) in [5.41, 5.74) is 7.21. The molecule has 4 aromatic rings. The molecule has 0 aliphatic heterocycles. The van der Waals surface area contributed by atoms with Crippen molar-refractivity contribution >= 4 is 44.7 Å². The van der Waals surface area contributed by atoms with Gasteiger partial charge in [0.1, 0.15) is 22.7 Å². The molecule has 0 bridgehead atoms. The minimum absolute atomic E-state index is 0.0196. The van der Waals surface area contributed by atoms with Crippen LogP contribution in [0.15, 0.2) is 64.5 Å². The number of ether oxygens (including phenoxy) is 1. The highest BCUT2D eigenvalue weighted by molar-refractivity contribution is 7.90. The number of alkyl halides is 5. The van der Waals surface area contributed by atoms with Gasteiger partial charge in [-0.2, -0.15) is 26.9 Å². The van der Waals surface area contributed by atoms with Gasteiger partial charge in [-0.25, -0.2) is 23.4 Å². The van der Waals surface area contributed by atoms with Crippen LogP contribution < -0.4 is 21.1 Å². The summed E-state index contributed by atoms with van der Waals surface area (Å²) >= 11 is 0. The average molecular weight is 610 g/mol. The topological polar surface area (TPSA) is 144 Å². The highest BCUT2D eigenvalue weighted by Gasteiger charge is 2.28. The molecule has 10 nitrogen and oxygen atoms in total. The number of sulfone groups is 1. The Morgan fingerprint density at radius 2 is 1.76 bits per heavy atom. The highest BCUT2D eigenvalue weighted by Crippen LogP contribution is 2.32. The summed E-state index contributed by atoms with van der Waals surface area (Å²) < 4.78 is 93.7. The molecule has 1 unspecified atom stereocenters. The molecule has 0 radical (unpaired) electrons. The van der Waals surface area contributed by atoms with E-state index in [1.807, 2.05) is 0 Å². The number of hydrogen-bond acceptors (Lipinski definition) is 9. The van der Waals surface area contributed by atoms with Crippen LogP contribution in [0.2, 0.25) is 0 Å². The van der Waals surface area contributed by atoms with Gasteiger partial charge in [-0.3, -0.25) is 0 Å². The van der Waals surface area contributed by atoms with Crippen LogP contribution in [-0.2, 0) is 9.84 Å². The van der Waals surface area contributed by atoms with Crippen molar-refractivity contribution < 1.29 is 35.1 Å². The molecule has 0 saturated heterocycles. The van der Waals surface area contributed by atoms with Crippen molar-refractivity contribution in [3.05, 3.63) is 60.2 Å². The fourth-order valence-corrected chi connectivity index (χ4v) is 4.73. The lowest BCUT2D eigenvalue weighted by Gasteiger charge is -2.17. The van der Waals surface area contributed by atoms with Gasteiger partial charge in [0.2, 0.25) is 5.95 Å². The Bertz CT molecular complexity index is 1720. The van der Waals surface area contributed by atoms with Crippen LogP contribution in [-0.4, -0.2) is 55.3 Å². The number of nitrogens with two attached hydrogens (primary N) is 1. The third-order valence-electron chi connectivity index (χ3n) is 5.82. The maximum atomic E-state index is 13.1. The zero-order chi connectivity index (χ0) is 30.7. The number of hydrogen-bond donors (Lipinski definition) is 3. The SMILES string of the molecule is CC(Nc1nc(NCC(F)(F)F)c2nc(-c3ccc(OC(F)F)c(S(C)(=O)=O)c3)ccc2n1)c1ccc(N=CN)cc1. The summed E-state index contributed by atoms with van der Waals surface area (Å²) in [7, 11) is -4.00. The Kier molecular flexibility index (Phi) is 8.75. The van der Waals surface area contributed by atoms with Crippen LogP contribution in [0.3, 0.4) is 0 Å². The van der Waals surface area contributed by atoms with E-state index in [4.69, 9.17) is 5.73 Å². The number of pyridine rings is 1. The maximum absolute atomic E-state index is 13.1. The van der Waals surface area contributed by atoms with E-state index in [0.29, 0.717) is 5.69 Å².